The third-order valence-electron chi connectivity index (χ3n) is 4.32. The van der Waals surface area contributed by atoms with E-state index >= 15 is 0 Å². The lowest BCUT2D eigenvalue weighted by atomic mass is 9.93. The van der Waals surface area contributed by atoms with Crippen molar-refractivity contribution in [1.29, 1.82) is 0 Å². The van der Waals surface area contributed by atoms with Crippen LogP contribution in [0.15, 0.2) is 48.5 Å². The van der Waals surface area contributed by atoms with Gasteiger partial charge >= 0.3 is 0 Å². The van der Waals surface area contributed by atoms with Crippen molar-refractivity contribution in [2.75, 3.05) is 4.90 Å². The van der Waals surface area contributed by atoms with Crippen LogP contribution in [-0.4, -0.2) is 7.85 Å². The fraction of sp³-hybridized carbons (Fsp3) is 0. The Morgan fingerprint density at radius 3 is 1.48 bits per heavy atom. The molecule has 6 rings (SSSR count). The third kappa shape index (κ3) is 1.29. The van der Waals surface area contributed by atoms with Gasteiger partial charge in [-0.25, -0.2) is 0 Å². The van der Waals surface area contributed by atoms with Crippen molar-refractivity contribution in [3.63, 3.8) is 0 Å². The highest BCUT2D eigenvalue weighted by Gasteiger charge is 2.41. The summed E-state index contributed by atoms with van der Waals surface area (Å²) in [6.45, 7) is 0. The van der Waals surface area contributed by atoms with Crippen LogP contribution in [0.25, 0.3) is 0 Å². The first-order valence-electron chi connectivity index (χ1n) is 7.33. The lowest BCUT2D eigenvalue weighted by Gasteiger charge is -2.41. The van der Waals surface area contributed by atoms with Crippen molar-refractivity contribution in [1.82, 2.24) is 0 Å². The van der Waals surface area contributed by atoms with Crippen molar-refractivity contribution in [2.24, 2.45) is 0 Å². The van der Waals surface area contributed by atoms with Gasteiger partial charge in [0, 0.05) is 0 Å². The molecule has 3 heterocycles. The number of nitrogens with zero attached hydrogens (tertiary/aromatic N) is 1. The number of rotatable bonds is 0. The second-order valence-electron chi connectivity index (χ2n) is 5.71. The quantitative estimate of drug-likeness (QED) is 0.392. The van der Waals surface area contributed by atoms with Gasteiger partial charge in [-0.3, -0.25) is 4.90 Å². The molecule has 0 saturated heterocycles. The molecule has 3 aromatic carbocycles. The molecule has 0 spiro atoms. The molecular formula is C18H8BNO3. The van der Waals surface area contributed by atoms with Crippen LogP contribution in [-0.2, 0) is 0 Å². The number of hydrogen-bond acceptors (Lipinski definition) is 4. The number of ether oxygens (including phenoxy) is 3. The zero-order chi connectivity index (χ0) is 15.1. The van der Waals surface area contributed by atoms with E-state index in [-0.39, 0.29) is 0 Å². The molecule has 0 aromatic heterocycles. The molecule has 0 aliphatic carbocycles. The van der Waals surface area contributed by atoms with Crippen LogP contribution in [0.5, 0.6) is 34.5 Å². The summed E-state index contributed by atoms with van der Waals surface area (Å²) in [6.07, 6.45) is 0. The molecule has 5 heteroatoms. The Balaban J connectivity index is 1.79. The average molecular weight is 297 g/mol. The normalized spacial score (nSPS) is 14.3. The summed E-state index contributed by atoms with van der Waals surface area (Å²) >= 11 is 0. The third-order valence-corrected chi connectivity index (χ3v) is 4.32. The van der Waals surface area contributed by atoms with Crippen LogP contribution < -0.4 is 24.6 Å². The van der Waals surface area contributed by atoms with Gasteiger partial charge in [0.25, 0.3) is 0 Å². The van der Waals surface area contributed by atoms with Crippen molar-refractivity contribution in [3.8, 4) is 34.5 Å². The van der Waals surface area contributed by atoms with E-state index in [1.165, 1.54) is 0 Å². The van der Waals surface area contributed by atoms with Gasteiger partial charge in [0.05, 0.1) is 0 Å². The maximum absolute atomic E-state index is 6.05. The maximum Gasteiger partial charge on any atom is 0.155 e. The van der Waals surface area contributed by atoms with Gasteiger partial charge in [0.1, 0.15) is 24.9 Å². The Bertz CT molecular complexity index is 954. The average Bonchev–Trinajstić information content (AvgIpc) is 2.54. The molecule has 3 aliphatic heterocycles. The summed E-state index contributed by atoms with van der Waals surface area (Å²) in [4.78, 5) is 2.15. The van der Waals surface area contributed by atoms with Crippen LogP contribution >= 0.6 is 0 Å². The second-order valence-corrected chi connectivity index (χ2v) is 5.71. The maximum atomic E-state index is 6.05. The molecule has 3 aromatic rings. The highest BCUT2D eigenvalue weighted by molar-refractivity contribution is 6.33. The smallest absolute Gasteiger partial charge is 0.155 e. The van der Waals surface area contributed by atoms with E-state index in [0.717, 1.165) is 40.1 Å². The van der Waals surface area contributed by atoms with Gasteiger partial charge in [0.15, 0.2) is 34.5 Å². The molecule has 0 amide bonds. The summed E-state index contributed by atoms with van der Waals surface area (Å²) in [5.74, 6) is 4.40. The first kappa shape index (κ1) is 11.5. The minimum absolute atomic E-state index is 0.603. The molecule has 0 atom stereocenters. The predicted octanol–water partition coefficient (Wildman–Crippen LogP) is 4.27. The largest absolute Gasteiger partial charge is 0.453 e. The van der Waals surface area contributed by atoms with E-state index in [2.05, 4.69) is 4.90 Å². The molecule has 2 radical (unpaired) electrons. The van der Waals surface area contributed by atoms with Crippen molar-refractivity contribution >= 4 is 30.4 Å². The van der Waals surface area contributed by atoms with Crippen LogP contribution in [0, 0.1) is 0 Å². The van der Waals surface area contributed by atoms with Crippen LogP contribution in [0.3, 0.4) is 0 Å². The zero-order valence-electron chi connectivity index (χ0n) is 11.9. The summed E-state index contributed by atoms with van der Waals surface area (Å²) < 4.78 is 18.1. The molecule has 23 heavy (non-hydrogen) atoms. The SMILES string of the molecule is [B]c1cc2c3c(c1)Oc1cccc4c1N3c1c(cccc1O2)O4. The van der Waals surface area contributed by atoms with Crippen LogP contribution in [0.4, 0.5) is 17.1 Å². The lowest BCUT2D eigenvalue weighted by molar-refractivity contribution is 0.418. The summed E-state index contributed by atoms with van der Waals surface area (Å²) in [7, 11) is 6.01. The van der Waals surface area contributed by atoms with Gasteiger partial charge < -0.3 is 14.2 Å². The summed E-state index contributed by atoms with van der Waals surface area (Å²) in [5, 5.41) is 0. The number of anilines is 3. The molecular weight excluding hydrogens is 289 g/mol. The predicted molar refractivity (Wildman–Crippen MR) is 86.7 cm³/mol. The van der Waals surface area contributed by atoms with E-state index in [1.54, 1.807) is 0 Å². The Morgan fingerprint density at radius 2 is 1.00 bits per heavy atom. The van der Waals surface area contributed by atoms with E-state index in [1.807, 2.05) is 48.5 Å². The van der Waals surface area contributed by atoms with E-state index < -0.39 is 0 Å². The molecule has 3 aliphatic rings. The first-order valence-corrected chi connectivity index (χ1v) is 7.33. The standard InChI is InChI=1S/C18H8BNO3/c19-9-7-14-18-15(8-9)23-13-6-2-4-11-17(13)20(18)16-10(21-11)3-1-5-12(16)22-14/h1-8H. The fourth-order valence-electron chi connectivity index (χ4n) is 3.44. The summed E-state index contributed by atoms with van der Waals surface area (Å²) in [6, 6.07) is 15.2. The monoisotopic (exact) mass is 297 g/mol. The Kier molecular flexibility index (Phi) is 1.81. The number of para-hydroxylation sites is 2. The molecule has 0 fully saturated rings. The lowest BCUT2D eigenvalue weighted by Crippen LogP contribution is -2.25. The highest BCUT2D eigenvalue weighted by Crippen LogP contribution is 2.65. The van der Waals surface area contributed by atoms with Gasteiger partial charge in [-0.05, 0) is 36.4 Å². The number of benzene rings is 3. The van der Waals surface area contributed by atoms with E-state index in [4.69, 9.17) is 22.1 Å². The van der Waals surface area contributed by atoms with E-state index in [0.29, 0.717) is 17.0 Å². The van der Waals surface area contributed by atoms with Crippen molar-refractivity contribution < 1.29 is 14.2 Å². The van der Waals surface area contributed by atoms with Gasteiger partial charge in [-0.15, -0.1) is 0 Å². The van der Waals surface area contributed by atoms with Gasteiger partial charge in [-0.1, -0.05) is 17.6 Å². The molecule has 106 valence electrons. The number of hydrogen-bond donors (Lipinski definition) is 0. The summed E-state index contributed by atoms with van der Waals surface area (Å²) in [5.41, 5.74) is 3.26. The Hall–Kier alpha value is -3.08. The minimum atomic E-state index is 0.603. The van der Waals surface area contributed by atoms with Gasteiger partial charge in [-0.2, -0.15) is 0 Å². The topological polar surface area (TPSA) is 30.9 Å². The van der Waals surface area contributed by atoms with E-state index in [9.17, 15) is 0 Å². The van der Waals surface area contributed by atoms with Crippen LogP contribution in [0.1, 0.15) is 0 Å². The second kappa shape index (κ2) is 3.63. The fourth-order valence-corrected chi connectivity index (χ4v) is 3.44. The Labute approximate surface area is 133 Å². The molecule has 0 bridgehead atoms. The van der Waals surface area contributed by atoms with Gasteiger partial charge in [0.2, 0.25) is 0 Å². The molecule has 4 nitrogen and oxygen atoms in total. The molecule has 0 N–H and O–H groups in total. The molecule has 0 unspecified atom stereocenters. The minimum Gasteiger partial charge on any atom is -0.453 e. The zero-order valence-corrected chi connectivity index (χ0v) is 11.9. The first-order chi connectivity index (χ1) is 11.3. The highest BCUT2D eigenvalue weighted by atomic mass is 16.5. The van der Waals surface area contributed by atoms with Crippen molar-refractivity contribution in [2.45, 2.75) is 0 Å². The molecule has 0 saturated carbocycles. The Morgan fingerprint density at radius 1 is 0.609 bits per heavy atom. The van der Waals surface area contributed by atoms with Crippen LogP contribution in [0.2, 0.25) is 0 Å². The van der Waals surface area contributed by atoms with Crippen molar-refractivity contribution in [3.05, 3.63) is 48.5 Å².